The van der Waals surface area contributed by atoms with Crippen molar-refractivity contribution >= 4 is 27.0 Å². The van der Waals surface area contributed by atoms with Gasteiger partial charge < -0.3 is 19.8 Å². The van der Waals surface area contributed by atoms with Crippen LogP contribution in [0.25, 0.3) is 0 Å². The van der Waals surface area contributed by atoms with Crippen molar-refractivity contribution in [2.75, 3.05) is 44.3 Å². The lowest BCUT2D eigenvalue weighted by Crippen LogP contribution is -2.64. The fourth-order valence-corrected chi connectivity index (χ4v) is 8.34. The van der Waals surface area contributed by atoms with Gasteiger partial charge >= 0.3 is 6.18 Å². The van der Waals surface area contributed by atoms with Crippen LogP contribution >= 0.6 is 11.3 Å². The van der Waals surface area contributed by atoms with Gasteiger partial charge in [0.25, 0.3) is 10.0 Å². The molecule has 2 unspecified atom stereocenters. The Hall–Kier alpha value is -1.74. The Morgan fingerprint density at radius 2 is 1.74 bits per heavy atom. The van der Waals surface area contributed by atoms with E-state index in [1.165, 1.54) is 16.4 Å². The van der Waals surface area contributed by atoms with Crippen LogP contribution in [-0.4, -0.2) is 97.6 Å². The Morgan fingerprint density at radius 3 is 2.32 bits per heavy atom. The van der Waals surface area contributed by atoms with E-state index in [0.717, 1.165) is 18.3 Å². The normalized spacial score (nSPS) is 29.3. The summed E-state index contributed by atoms with van der Waals surface area (Å²) >= 11 is 1.16. The number of hydrogen-bond acceptors (Lipinski definition) is 8. The van der Waals surface area contributed by atoms with Crippen molar-refractivity contribution < 1.29 is 36.5 Å². The zero-order chi connectivity index (χ0) is 27.3. The van der Waals surface area contributed by atoms with Gasteiger partial charge in [-0.1, -0.05) is 18.2 Å². The largest absolute Gasteiger partial charge is 0.421 e. The standard InChI is InChI=1S/C25H32F3N3O5S2/c1-24(33,25(26,27)28)17-4-6-18(7-5-17)30-9-8-29(38(34,35)23-3-2-10-37-23)13-21(30)14-31-19-11-22(32)12-20(31)16-36-15-19/h2-7,10,19-22,32-33H,8-9,11-16H2,1H3/t19-,20?,21+,22?,24-/m0/s1. The zero-order valence-electron chi connectivity index (χ0n) is 20.9. The molecule has 3 aliphatic rings. The quantitative estimate of drug-likeness (QED) is 0.547. The number of nitrogens with zero attached hydrogens (tertiary/aromatic N) is 3. The summed E-state index contributed by atoms with van der Waals surface area (Å²) in [6.45, 7) is 3.01. The lowest BCUT2D eigenvalue weighted by Gasteiger charge is -2.51. The predicted octanol–water partition coefficient (Wildman–Crippen LogP) is 2.62. The van der Waals surface area contributed by atoms with Gasteiger partial charge in [0.2, 0.25) is 0 Å². The third-order valence-corrected chi connectivity index (χ3v) is 11.2. The van der Waals surface area contributed by atoms with E-state index in [1.54, 1.807) is 29.6 Å². The number of halogens is 3. The molecule has 1 aromatic heterocycles. The topological polar surface area (TPSA) is 93.6 Å². The van der Waals surface area contributed by atoms with Crippen LogP contribution in [-0.2, 0) is 20.4 Å². The number of alkyl halides is 3. The second-order valence-electron chi connectivity index (χ2n) is 10.4. The highest BCUT2D eigenvalue weighted by Gasteiger charge is 2.51. The molecule has 13 heteroatoms. The zero-order valence-corrected chi connectivity index (χ0v) is 22.6. The van der Waals surface area contributed by atoms with Crippen LogP contribution in [0.1, 0.15) is 25.3 Å². The molecule has 3 aliphatic heterocycles. The Morgan fingerprint density at radius 1 is 1.08 bits per heavy atom. The summed E-state index contributed by atoms with van der Waals surface area (Å²) < 4.78 is 74.2. The molecule has 0 saturated carbocycles. The Kier molecular flexibility index (Phi) is 7.57. The Bertz CT molecular complexity index is 1190. The number of piperazine rings is 1. The first-order valence-corrected chi connectivity index (χ1v) is 14.9. The van der Waals surface area contributed by atoms with Crippen molar-refractivity contribution in [3.05, 3.63) is 47.3 Å². The van der Waals surface area contributed by atoms with Crippen LogP contribution in [0.15, 0.2) is 46.0 Å². The molecular weight excluding hydrogens is 543 g/mol. The number of anilines is 1. The van der Waals surface area contributed by atoms with Crippen LogP contribution in [0.3, 0.4) is 0 Å². The number of piperidine rings is 1. The maximum absolute atomic E-state index is 13.4. The van der Waals surface area contributed by atoms with Gasteiger partial charge in [-0.25, -0.2) is 8.42 Å². The summed E-state index contributed by atoms with van der Waals surface area (Å²) in [5.74, 6) is 0. The molecule has 210 valence electrons. The fourth-order valence-electron chi connectivity index (χ4n) is 5.72. The second-order valence-corrected chi connectivity index (χ2v) is 13.5. The highest BCUT2D eigenvalue weighted by Crippen LogP contribution is 2.39. The van der Waals surface area contributed by atoms with Crippen LogP contribution < -0.4 is 4.90 Å². The number of sulfonamides is 1. The van der Waals surface area contributed by atoms with Crippen molar-refractivity contribution in [1.82, 2.24) is 9.21 Å². The smallest absolute Gasteiger partial charge is 0.393 e. The van der Waals surface area contributed by atoms with Crippen molar-refractivity contribution in [2.45, 2.75) is 60.0 Å². The number of hydrogen-bond donors (Lipinski definition) is 2. The number of ether oxygens (including phenoxy) is 1. The van der Waals surface area contributed by atoms with E-state index in [-0.39, 0.29) is 41.0 Å². The number of morpholine rings is 1. The van der Waals surface area contributed by atoms with Gasteiger partial charge in [-0.3, -0.25) is 4.90 Å². The summed E-state index contributed by atoms with van der Waals surface area (Å²) in [5.41, 5.74) is -2.59. The molecule has 5 atom stereocenters. The van der Waals surface area contributed by atoms with Gasteiger partial charge in [0.15, 0.2) is 5.60 Å². The highest BCUT2D eigenvalue weighted by molar-refractivity contribution is 7.91. The van der Waals surface area contributed by atoms with Crippen molar-refractivity contribution in [3.8, 4) is 0 Å². The van der Waals surface area contributed by atoms with Crippen LogP contribution in [0.2, 0.25) is 0 Å². The van der Waals surface area contributed by atoms with Crippen LogP contribution in [0.5, 0.6) is 0 Å². The van der Waals surface area contributed by atoms with Gasteiger partial charge in [0, 0.05) is 44.0 Å². The summed E-state index contributed by atoms with van der Waals surface area (Å²) in [6, 6.07) is 8.66. The molecule has 0 radical (unpaired) electrons. The molecule has 3 saturated heterocycles. The minimum Gasteiger partial charge on any atom is -0.393 e. The van der Waals surface area contributed by atoms with E-state index in [4.69, 9.17) is 4.74 Å². The molecule has 0 amide bonds. The lowest BCUT2D eigenvalue weighted by atomic mass is 9.91. The van der Waals surface area contributed by atoms with Gasteiger partial charge in [0.1, 0.15) is 4.21 Å². The molecule has 2 N–H and O–H groups in total. The minimum absolute atomic E-state index is 0.00730. The predicted molar refractivity (Wildman–Crippen MR) is 137 cm³/mol. The fraction of sp³-hybridized carbons (Fsp3) is 0.600. The Labute approximate surface area is 224 Å². The molecule has 4 heterocycles. The third kappa shape index (κ3) is 5.21. The monoisotopic (exact) mass is 575 g/mol. The number of fused-ring (bicyclic) bond motifs is 2. The summed E-state index contributed by atoms with van der Waals surface area (Å²) in [7, 11) is -3.68. The maximum atomic E-state index is 13.4. The summed E-state index contributed by atoms with van der Waals surface area (Å²) in [4.78, 5) is 4.33. The lowest BCUT2D eigenvalue weighted by molar-refractivity contribution is -0.258. The Balaban J connectivity index is 1.43. The number of aliphatic hydroxyl groups excluding tert-OH is 1. The number of rotatable bonds is 6. The molecule has 38 heavy (non-hydrogen) atoms. The van der Waals surface area contributed by atoms with Crippen molar-refractivity contribution in [3.63, 3.8) is 0 Å². The van der Waals surface area contributed by atoms with Gasteiger partial charge in [-0.15, -0.1) is 11.3 Å². The molecule has 0 aliphatic carbocycles. The van der Waals surface area contributed by atoms with Crippen molar-refractivity contribution in [2.24, 2.45) is 0 Å². The van der Waals surface area contributed by atoms with Gasteiger partial charge in [0.05, 0.1) is 25.4 Å². The second kappa shape index (κ2) is 10.3. The van der Waals surface area contributed by atoms with Crippen molar-refractivity contribution in [1.29, 1.82) is 0 Å². The van der Waals surface area contributed by atoms with E-state index in [9.17, 15) is 31.8 Å². The van der Waals surface area contributed by atoms with Crippen LogP contribution in [0.4, 0.5) is 18.9 Å². The molecule has 2 bridgehead atoms. The van der Waals surface area contributed by atoms with E-state index in [0.29, 0.717) is 44.8 Å². The maximum Gasteiger partial charge on any atom is 0.421 e. The van der Waals surface area contributed by atoms with Crippen LogP contribution in [0, 0.1) is 0 Å². The molecule has 1 aromatic carbocycles. The van der Waals surface area contributed by atoms with Gasteiger partial charge in [-0.05, 0) is 48.9 Å². The highest BCUT2D eigenvalue weighted by atomic mass is 32.2. The van der Waals surface area contributed by atoms with E-state index >= 15 is 0 Å². The first kappa shape index (κ1) is 27.8. The molecular formula is C25H32F3N3O5S2. The van der Waals surface area contributed by atoms with Gasteiger partial charge in [-0.2, -0.15) is 17.5 Å². The average molecular weight is 576 g/mol. The number of benzene rings is 1. The molecule has 2 aromatic rings. The minimum atomic E-state index is -4.82. The first-order chi connectivity index (χ1) is 17.9. The number of aliphatic hydroxyl groups is 2. The summed E-state index contributed by atoms with van der Waals surface area (Å²) in [6.07, 6.45) is -4.09. The number of thiophene rings is 1. The SMILES string of the molecule is C[C@](O)(c1ccc(N2CCN(S(=O)(=O)c3cccs3)C[C@@H]2CN2C3COC[C@@H]2CC(O)C3)cc1)C(F)(F)F. The molecule has 0 spiro atoms. The van der Waals surface area contributed by atoms with E-state index < -0.39 is 27.9 Å². The first-order valence-electron chi connectivity index (χ1n) is 12.6. The van der Waals surface area contributed by atoms with E-state index in [1.807, 2.05) is 4.90 Å². The molecule has 5 rings (SSSR count). The average Bonchev–Trinajstić information content (AvgIpc) is 3.40. The van der Waals surface area contributed by atoms with E-state index in [2.05, 4.69) is 4.90 Å². The molecule has 8 nitrogen and oxygen atoms in total. The summed E-state index contributed by atoms with van der Waals surface area (Å²) in [5, 5.41) is 22.1. The third-order valence-electron chi connectivity index (χ3n) is 7.92. The molecule has 3 fully saturated rings.